The van der Waals surface area contributed by atoms with E-state index in [0.29, 0.717) is 5.69 Å². The molecule has 84 valence electrons. The summed E-state index contributed by atoms with van der Waals surface area (Å²) in [6.07, 6.45) is -3.21. The first-order valence-corrected chi connectivity index (χ1v) is 4.26. The molecular formula is C9H6F3N3O. The maximum Gasteiger partial charge on any atom is 0.416 e. The van der Waals surface area contributed by atoms with Gasteiger partial charge in [0.05, 0.1) is 5.56 Å². The number of anilines is 2. The van der Waals surface area contributed by atoms with Crippen molar-refractivity contribution in [2.75, 3.05) is 5.32 Å². The zero-order valence-corrected chi connectivity index (χ0v) is 7.82. The van der Waals surface area contributed by atoms with Crippen molar-refractivity contribution in [2.45, 2.75) is 6.18 Å². The van der Waals surface area contributed by atoms with E-state index >= 15 is 0 Å². The zero-order valence-electron chi connectivity index (χ0n) is 7.82. The van der Waals surface area contributed by atoms with Gasteiger partial charge in [-0.15, -0.1) is 5.10 Å². The van der Waals surface area contributed by atoms with E-state index in [-0.39, 0.29) is 6.01 Å². The Morgan fingerprint density at radius 2 is 1.81 bits per heavy atom. The van der Waals surface area contributed by atoms with Crippen molar-refractivity contribution in [3.63, 3.8) is 0 Å². The van der Waals surface area contributed by atoms with E-state index in [0.717, 1.165) is 18.5 Å². The van der Waals surface area contributed by atoms with Crippen molar-refractivity contribution in [3.8, 4) is 0 Å². The molecular weight excluding hydrogens is 223 g/mol. The highest BCUT2D eigenvalue weighted by Crippen LogP contribution is 2.30. The Hall–Kier alpha value is -2.05. The maximum absolute atomic E-state index is 12.2. The van der Waals surface area contributed by atoms with Gasteiger partial charge in [0.2, 0.25) is 6.39 Å². The predicted molar refractivity (Wildman–Crippen MR) is 49.0 cm³/mol. The molecule has 2 rings (SSSR count). The summed E-state index contributed by atoms with van der Waals surface area (Å²) in [6.45, 7) is 0. The largest absolute Gasteiger partial charge is 0.416 e. The van der Waals surface area contributed by atoms with Crippen molar-refractivity contribution in [1.82, 2.24) is 10.2 Å². The second-order valence-electron chi connectivity index (χ2n) is 2.94. The first-order valence-electron chi connectivity index (χ1n) is 4.26. The van der Waals surface area contributed by atoms with Crippen LogP contribution in [-0.2, 0) is 6.18 Å². The lowest BCUT2D eigenvalue weighted by Crippen LogP contribution is -2.04. The van der Waals surface area contributed by atoms with Gasteiger partial charge in [-0.25, -0.2) is 0 Å². The summed E-state index contributed by atoms with van der Waals surface area (Å²) in [4.78, 5) is 0. The topological polar surface area (TPSA) is 51.0 Å². The van der Waals surface area contributed by atoms with Crippen LogP contribution >= 0.6 is 0 Å². The SMILES string of the molecule is FC(F)(F)c1ccc(Nc2nnco2)cc1. The molecule has 0 amide bonds. The minimum absolute atomic E-state index is 0.125. The molecule has 16 heavy (non-hydrogen) atoms. The highest BCUT2D eigenvalue weighted by Gasteiger charge is 2.29. The minimum atomic E-state index is -4.33. The number of hydrogen-bond donors (Lipinski definition) is 1. The maximum atomic E-state index is 12.2. The van der Waals surface area contributed by atoms with E-state index in [1.165, 1.54) is 12.1 Å². The third-order valence-electron chi connectivity index (χ3n) is 1.82. The van der Waals surface area contributed by atoms with Crippen LogP contribution in [0.5, 0.6) is 0 Å². The second-order valence-corrected chi connectivity index (χ2v) is 2.94. The van der Waals surface area contributed by atoms with Crippen LogP contribution in [0.25, 0.3) is 0 Å². The van der Waals surface area contributed by atoms with Crippen LogP contribution in [0.4, 0.5) is 24.9 Å². The fourth-order valence-electron chi connectivity index (χ4n) is 1.09. The third kappa shape index (κ3) is 2.30. The van der Waals surface area contributed by atoms with Crippen LogP contribution in [0, 0.1) is 0 Å². The van der Waals surface area contributed by atoms with Gasteiger partial charge >= 0.3 is 12.2 Å². The van der Waals surface area contributed by atoms with Gasteiger partial charge in [-0.2, -0.15) is 13.2 Å². The first kappa shape index (κ1) is 10.5. The van der Waals surface area contributed by atoms with Crippen LogP contribution < -0.4 is 5.32 Å². The van der Waals surface area contributed by atoms with Gasteiger partial charge in [0.1, 0.15) is 0 Å². The molecule has 0 radical (unpaired) electrons. The number of alkyl halides is 3. The number of hydrogen-bond acceptors (Lipinski definition) is 4. The van der Waals surface area contributed by atoms with Crippen LogP contribution in [0.3, 0.4) is 0 Å². The molecule has 0 saturated carbocycles. The van der Waals surface area contributed by atoms with E-state index in [2.05, 4.69) is 15.5 Å². The molecule has 0 aliphatic rings. The number of halogens is 3. The molecule has 1 aromatic carbocycles. The van der Waals surface area contributed by atoms with Crippen molar-refractivity contribution in [1.29, 1.82) is 0 Å². The van der Waals surface area contributed by atoms with Gasteiger partial charge in [-0.1, -0.05) is 5.10 Å². The summed E-state index contributed by atoms with van der Waals surface area (Å²) in [5, 5.41) is 9.60. The number of nitrogens with one attached hydrogen (secondary N) is 1. The van der Waals surface area contributed by atoms with E-state index in [9.17, 15) is 13.2 Å². The fourth-order valence-corrected chi connectivity index (χ4v) is 1.09. The van der Waals surface area contributed by atoms with Crippen LogP contribution in [0.15, 0.2) is 35.1 Å². The van der Waals surface area contributed by atoms with Crippen LogP contribution in [0.1, 0.15) is 5.56 Å². The summed E-state index contributed by atoms with van der Waals surface area (Å²) in [7, 11) is 0. The van der Waals surface area contributed by atoms with Crippen molar-refractivity contribution in [2.24, 2.45) is 0 Å². The number of benzene rings is 1. The van der Waals surface area contributed by atoms with Gasteiger partial charge in [0.25, 0.3) is 0 Å². The van der Waals surface area contributed by atoms with Gasteiger partial charge in [0, 0.05) is 5.69 Å². The van der Waals surface area contributed by atoms with Gasteiger partial charge in [-0.05, 0) is 24.3 Å². The molecule has 0 spiro atoms. The highest BCUT2D eigenvalue weighted by atomic mass is 19.4. The number of rotatable bonds is 2. The third-order valence-corrected chi connectivity index (χ3v) is 1.82. The van der Waals surface area contributed by atoms with Crippen molar-refractivity contribution < 1.29 is 17.6 Å². The molecule has 0 fully saturated rings. The lowest BCUT2D eigenvalue weighted by atomic mass is 10.2. The molecule has 0 unspecified atom stereocenters. The summed E-state index contributed by atoms with van der Waals surface area (Å²) in [6, 6.07) is 4.64. The normalized spacial score (nSPS) is 11.4. The fraction of sp³-hybridized carbons (Fsp3) is 0.111. The average Bonchev–Trinajstić information content (AvgIpc) is 2.70. The van der Waals surface area contributed by atoms with E-state index in [1.807, 2.05) is 0 Å². The van der Waals surface area contributed by atoms with Crippen LogP contribution in [-0.4, -0.2) is 10.2 Å². The Morgan fingerprint density at radius 1 is 1.12 bits per heavy atom. The smallest absolute Gasteiger partial charge is 0.411 e. The van der Waals surface area contributed by atoms with E-state index < -0.39 is 11.7 Å². The lowest BCUT2D eigenvalue weighted by molar-refractivity contribution is -0.137. The summed E-state index contributed by atoms with van der Waals surface area (Å²) in [5.41, 5.74) is -0.263. The Labute approximate surface area is 88.1 Å². The Bertz CT molecular complexity index is 450. The molecule has 0 aliphatic heterocycles. The molecule has 1 N–H and O–H groups in total. The minimum Gasteiger partial charge on any atom is -0.411 e. The van der Waals surface area contributed by atoms with Crippen molar-refractivity contribution in [3.05, 3.63) is 36.2 Å². The summed E-state index contributed by atoms with van der Waals surface area (Å²) < 4.78 is 41.5. The van der Waals surface area contributed by atoms with E-state index in [4.69, 9.17) is 4.42 Å². The number of aromatic nitrogens is 2. The van der Waals surface area contributed by atoms with Crippen LogP contribution in [0.2, 0.25) is 0 Å². The Kier molecular flexibility index (Phi) is 2.51. The molecule has 0 aliphatic carbocycles. The van der Waals surface area contributed by atoms with Crippen molar-refractivity contribution >= 4 is 11.7 Å². The molecule has 1 heterocycles. The molecule has 0 atom stereocenters. The predicted octanol–water partition coefficient (Wildman–Crippen LogP) is 2.83. The number of nitrogens with zero attached hydrogens (tertiary/aromatic N) is 2. The zero-order chi connectivity index (χ0) is 11.6. The quantitative estimate of drug-likeness (QED) is 0.860. The average molecular weight is 229 g/mol. The summed E-state index contributed by atoms with van der Waals surface area (Å²) >= 11 is 0. The molecule has 2 aromatic rings. The Morgan fingerprint density at radius 3 is 2.31 bits per heavy atom. The monoisotopic (exact) mass is 229 g/mol. The van der Waals surface area contributed by atoms with Gasteiger partial charge in [0.15, 0.2) is 0 Å². The van der Waals surface area contributed by atoms with E-state index in [1.54, 1.807) is 0 Å². The molecule has 0 bridgehead atoms. The molecule has 4 nitrogen and oxygen atoms in total. The lowest BCUT2D eigenvalue weighted by Gasteiger charge is -2.07. The van der Waals surface area contributed by atoms with Gasteiger partial charge in [-0.3, -0.25) is 0 Å². The summed E-state index contributed by atoms with van der Waals surface area (Å²) in [5.74, 6) is 0. The Balaban J connectivity index is 2.14. The first-order chi connectivity index (χ1) is 7.55. The standard InChI is InChI=1S/C9H6F3N3O/c10-9(11,12)6-1-3-7(4-2-6)14-8-15-13-5-16-8/h1-5H,(H,14,15). The molecule has 7 heteroatoms. The van der Waals surface area contributed by atoms with Gasteiger partial charge < -0.3 is 9.73 Å². The highest BCUT2D eigenvalue weighted by molar-refractivity contribution is 5.52. The molecule has 1 aromatic heterocycles. The second kappa shape index (κ2) is 3.84. The molecule has 0 saturated heterocycles.